The molecule has 144 valence electrons. The number of hydrogen-bond acceptors (Lipinski definition) is 5. The molecular weight excluding hydrogens is 364 g/mol. The quantitative estimate of drug-likeness (QED) is 0.489. The highest BCUT2D eigenvalue weighted by Crippen LogP contribution is 2.34. The highest BCUT2D eigenvalue weighted by molar-refractivity contribution is 6.10. The first kappa shape index (κ1) is 16.4. The fraction of sp³-hybridized carbons (Fsp3) is 0.227. The van der Waals surface area contributed by atoms with Crippen LogP contribution in [0.4, 0.5) is 5.82 Å². The molecule has 1 aliphatic rings. The summed E-state index contributed by atoms with van der Waals surface area (Å²) < 4.78 is 6.38. The molecule has 1 atom stereocenters. The van der Waals surface area contributed by atoms with Crippen molar-refractivity contribution in [2.75, 3.05) is 18.1 Å². The summed E-state index contributed by atoms with van der Waals surface area (Å²) in [6, 6.07) is 14.8. The van der Waals surface area contributed by atoms with Crippen molar-refractivity contribution in [3.05, 3.63) is 55.1 Å². The minimum absolute atomic E-state index is 0.255. The predicted molar refractivity (Wildman–Crippen MR) is 113 cm³/mol. The number of ether oxygens (including phenoxy) is 1. The molecule has 7 nitrogen and oxygen atoms in total. The van der Waals surface area contributed by atoms with E-state index < -0.39 is 0 Å². The van der Waals surface area contributed by atoms with Crippen molar-refractivity contribution in [3.63, 3.8) is 0 Å². The van der Waals surface area contributed by atoms with E-state index >= 15 is 0 Å². The normalized spacial score (nSPS) is 17.0. The molecule has 0 spiro atoms. The van der Waals surface area contributed by atoms with Gasteiger partial charge < -0.3 is 19.6 Å². The van der Waals surface area contributed by atoms with Crippen molar-refractivity contribution >= 4 is 38.8 Å². The second-order valence-electron chi connectivity index (χ2n) is 7.45. The number of fused-ring (bicyclic) bond motifs is 4. The van der Waals surface area contributed by atoms with Crippen LogP contribution in [0.3, 0.4) is 0 Å². The van der Waals surface area contributed by atoms with Crippen molar-refractivity contribution in [2.45, 2.75) is 18.9 Å². The predicted octanol–water partition coefficient (Wildman–Crippen LogP) is 4.04. The molecule has 0 aliphatic carbocycles. The lowest BCUT2D eigenvalue weighted by Gasteiger charge is -2.25. The fourth-order valence-corrected chi connectivity index (χ4v) is 4.42. The first-order valence-corrected chi connectivity index (χ1v) is 9.91. The highest BCUT2D eigenvalue weighted by atomic mass is 16.5. The topological polar surface area (TPSA) is 82.7 Å². The molecule has 2 aromatic carbocycles. The van der Waals surface area contributed by atoms with E-state index in [1.807, 2.05) is 12.1 Å². The molecule has 5 aromatic rings. The van der Waals surface area contributed by atoms with Crippen molar-refractivity contribution in [1.29, 1.82) is 0 Å². The fourth-order valence-electron chi connectivity index (χ4n) is 4.42. The Balaban J connectivity index is 1.32. The number of imidazole rings is 1. The largest absolute Gasteiger partial charge is 0.491 e. The minimum atomic E-state index is 0.255. The summed E-state index contributed by atoms with van der Waals surface area (Å²) in [7, 11) is 0. The molecule has 29 heavy (non-hydrogen) atoms. The number of nitrogens with one attached hydrogen (secondary N) is 2. The Morgan fingerprint density at radius 3 is 2.97 bits per heavy atom. The van der Waals surface area contributed by atoms with Crippen LogP contribution < -0.4 is 9.64 Å². The Labute approximate surface area is 166 Å². The lowest BCUT2D eigenvalue weighted by Crippen LogP contribution is -2.35. The van der Waals surface area contributed by atoms with Gasteiger partial charge in [-0.25, -0.2) is 15.0 Å². The number of rotatable bonds is 4. The third-order valence-corrected chi connectivity index (χ3v) is 5.77. The Kier molecular flexibility index (Phi) is 3.65. The average Bonchev–Trinajstić information content (AvgIpc) is 3.49. The van der Waals surface area contributed by atoms with Crippen molar-refractivity contribution in [1.82, 2.24) is 24.9 Å². The standard InChI is InChI=1S/C22H20N6O/c1-2-7-16-15(6-1)19-17(27-16)8-3-9-18(19)29-11-14-5-4-10-28(14)22-20-21(24-12-23-20)25-13-26-22/h1-3,6-9,12-14,27H,4-5,10-11H2,(H,23,24,25,26). The lowest BCUT2D eigenvalue weighted by molar-refractivity contribution is 0.291. The number of nitrogens with zero attached hydrogens (tertiary/aromatic N) is 4. The molecular formula is C22H20N6O. The lowest BCUT2D eigenvalue weighted by atomic mass is 10.1. The molecule has 0 radical (unpaired) electrons. The van der Waals surface area contributed by atoms with E-state index in [2.05, 4.69) is 60.2 Å². The molecule has 7 heteroatoms. The minimum Gasteiger partial charge on any atom is -0.491 e. The summed E-state index contributed by atoms with van der Waals surface area (Å²) in [4.78, 5) is 22.0. The van der Waals surface area contributed by atoms with Crippen LogP contribution in [0.1, 0.15) is 12.8 Å². The van der Waals surface area contributed by atoms with Gasteiger partial charge in [-0.2, -0.15) is 0 Å². The monoisotopic (exact) mass is 384 g/mol. The molecule has 0 saturated carbocycles. The van der Waals surface area contributed by atoms with Gasteiger partial charge in [-0.05, 0) is 31.0 Å². The summed E-state index contributed by atoms with van der Waals surface area (Å²) in [5.41, 5.74) is 3.81. The molecule has 3 aromatic heterocycles. The maximum absolute atomic E-state index is 6.38. The van der Waals surface area contributed by atoms with E-state index in [1.165, 1.54) is 5.39 Å². The van der Waals surface area contributed by atoms with Gasteiger partial charge in [0.15, 0.2) is 11.5 Å². The first-order chi connectivity index (χ1) is 14.4. The van der Waals surface area contributed by atoms with E-state index in [1.54, 1.807) is 12.7 Å². The zero-order valence-corrected chi connectivity index (χ0v) is 15.8. The van der Waals surface area contributed by atoms with Crippen LogP contribution in [-0.2, 0) is 0 Å². The molecule has 6 rings (SSSR count). The van der Waals surface area contributed by atoms with E-state index in [-0.39, 0.29) is 6.04 Å². The number of hydrogen-bond donors (Lipinski definition) is 2. The summed E-state index contributed by atoms with van der Waals surface area (Å²) >= 11 is 0. The van der Waals surface area contributed by atoms with Gasteiger partial charge in [-0.1, -0.05) is 24.3 Å². The Morgan fingerprint density at radius 1 is 1.03 bits per heavy atom. The summed E-state index contributed by atoms with van der Waals surface area (Å²) in [6.07, 6.45) is 5.45. The SMILES string of the molecule is c1ccc2c(c1)[nH]c1cccc(OCC3CCCN3c3ncnc4[nH]cnc34)c12. The average molecular weight is 384 g/mol. The number of H-pyrrole nitrogens is 2. The Bertz CT molecular complexity index is 1320. The Morgan fingerprint density at radius 2 is 1.97 bits per heavy atom. The maximum Gasteiger partial charge on any atom is 0.162 e. The number of aromatic nitrogens is 5. The molecule has 1 saturated heterocycles. The van der Waals surface area contributed by atoms with Crippen molar-refractivity contribution in [2.24, 2.45) is 0 Å². The number of para-hydroxylation sites is 1. The van der Waals surface area contributed by atoms with Gasteiger partial charge in [0, 0.05) is 22.8 Å². The van der Waals surface area contributed by atoms with Gasteiger partial charge in [0.05, 0.1) is 17.9 Å². The highest BCUT2D eigenvalue weighted by Gasteiger charge is 2.28. The third kappa shape index (κ3) is 2.61. The van der Waals surface area contributed by atoms with E-state index in [9.17, 15) is 0 Å². The van der Waals surface area contributed by atoms with E-state index in [0.29, 0.717) is 6.61 Å². The molecule has 1 fully saturated rings. The van der Waals surface area contributed by atoms with Crippen LogP contribution in [0, 0.1) is 0 Å². The van der Waals surface area contributed by atoms with Gasteiger partial charge in [-0.15, -0.1) is 0 Å². The Hall–Kier alpha value is -3.61. The zero-order chi connectivity index (χ0) is 19.2. The molecule has 2 N–H and O–H groups in total. The maximum atomic E-state index is 6.38. The molecule has 1 aliphatic heterocycles. The van der Waals surface area contributed by atoms with Crippen molar-refractivity contribution < 1.29 is 4.74 Å². The van der Waals surface area contributed by atoms with Crippen LogP contribution in [0.25, 0.3) is 33.0 Å². The van der Waals surface area contributed by atoms with Crippen LogP contribution in [0.2, 0.25) is 0 Å². The van der Waals surface area contributed by atoms with Gasteiger partial charge in [0.2, 0.25) is 0 Å². The van der Waals surface area contributed by atoms with Crippen LogP contribution in [-0.4, -0.2) is 44.1 Å². The molecule has 0 amide bonds. The van der Waals surface area contributed by atoms with E-state index in [4.69, 9.17) is 4.74 Å². The molecule has 0 bridgehead atoms. The molecule has 4 heterocycles. The van der Waals surface area contributed by atoms with Gasteiger partial charge in [0.25, 0.3) is 0 Å². The molecule has 1 unspecified atom stereocenters. The van der Waals surface area contributed by atoms with E-state index in [0.717, 1.165) is 58.5 Å². The summed E-state index contributed by atoms with van der Waals surface area (Å²) in [5, 5.41) is 2.33. The second kappa shape index (κ2) is 6.48. The number of benzene rings is 2. The summed E-state index contributed by atoms with van der Waals surface area (Å²) in [6.45, 7) is 1.55. The van der Waals surface area contributed by atoms with Crippen LogP contribution in [0.5, 0.6) is 5.75 Å². The first-order valence-electron chi connectivity index (χ1n) is 9.91. The zero-order valence-electron chi connectivity index (χ0n) is 15.8. The smallest absolute Gasteiger partial charge is 0.162 e. The number of aromatic amines is 2. The van der Waals surface area contributed by atoms with Gasteiger partial charge in [-0.3, -0.25) is 0 Å². The summed E-state index contributed by atoms with van der Waals surface area (Å²) in [5.74, 6) is 1.80. The van der Waals surface area contributed by atoms with Gasteiger partial charge in [0.1, 0.15) is 24.2 Å². The number of anilines is 1. The van der Waals surface area contributed by atoms with Crippen LogP contribution in [0.15, 0.2) is 55.1 Å². The van der Waals surface area contributed by atoms with Crippen LogP contribution >= 0.6 is 0 Å². The van der Waals surface area contributed by atoms with Crippen molar-refractivity contribution in [3.8, 4) is 5.75 Å². The third-order valence-electron chi connectivity index (χ3n) is 5.77. The van der Waals surface area contributed by atoms with Gasteiger partial charge >= 0.3 is 0 Å². The second-order valence-corrected chi connectivity index (χ2v) is 7.45.